The van der Waals surface area contributed by atoms with Crippen molar-refractivity contribution < 1.29 is 191 Å². The van der Waals surface area contributed by atoms with Gasteiger partial charge in [0, 0.05) is 225 Å². The number of hydrogen-bond acceptors (Lipinski definition) is 40. The normalized spacial score (nSPS) is 9.52. The molecule has 0 aliphatic heterocycles. The van der Waals surface area contributed by atoms with Crippen molar-refractivity contribution in [3.05, 3.63) is 124 Å². The van der Waals surface area contributed by atoms with E-state index in [1.54, 1.807) is 189 Å². The minimum atomic E-state index is -0.529. The van der Waals surface area contributed by atoms with Gasteiger partial charge in [0.2, 0.25) is 0 Å². The first kappa shape index (κ1) is 146. The van der Waals surface area contributed by atoms with Crippen LogP contribution in [-0.4, -0.2) is 442 Å². The second-order valence-corrected chi connectivity index (χ2v) is 29.0. The first-order valence-corrected chi connectivity index (χ1v) is 42.0. The summed E-state index contributed by atoms with van der Waals surface area (Å²) in [6.07, 6.45) is 1.95. The van der Waals surface area contributed by atoms with Gasteiger partial charge in [0.05, 0.1) is 52.9 Å². The molecule has 0 aromatic rings. The SMILES string of the molecule is C=C(C)C(=O)OC(C)COC(=O)N(C)C.C=C(C)C(=O)OCCCOC(=O)N(C)C.C=C(C)C(=O)OCCCOC(=O)N(C)C.C=C(C)C(=O)OCCOC(=O)N(C)C.C=C(C)C(=O)OCCOC(=O)N(C)C.C=CC(=O)OC(C)COC(=O)N(C)C.C=CC(=O)OCCCOC(=O)N(C)C.C=CC(=O)OCCCOC(=O)N(C)C.C=CC(=O)OCCOC(=O)N(C)C.C=CC(=O)OCCOC(=O)N(C)C. The molecule has 50 heteroatoms. The van der Waals surface area contributed by atoms with E-state index in [0.29, 0.717) is 53.5 Å². The van der Waals surface area contributed by atoms with Gasteiger partial charge in [-0.2, -0.15) is 0 Å². The molecule has 0 N–H and O–H groups in total. The van der Waals surface area contributed by atoms with Crippen LogP contribution in [0, 0.1) is 0 Å². The van der Waals surface area contributed by atoms with Crippen LogP contribution in [0.15, 0.2) is 124 Å². The number of carbonyl (C=O) groups excluding carboxylic acids is 20. The lowest BCUT2D eigenvalue weighted by Gasteiger charge is -2.15. The average Bonchev–Trinajstić information content (AvgIpc) is 0.954. The Labute approximate surface area is 827 Å². The third-order valence-corrected chi connectivity index (χ3v) is 12.9. The minimum Gasteiger partial charge on any atom is -0.462 e. The van der Waals surface area contributed by atoms with Gasteiger partial charge in [-0.15, -0.1) is 0 Å². The van der Waals surface area contributed by atoms with Crippen LogP contribution >= 0.6 is 0 Å². The summed E-state index contributed by atoms with van der Waals surface area (Å²) in [6, 6.07) is 0. The van der Waals surface area contributed by atoms with Crippen molar-refractivity contribution in [3.8, 4) is 0 Å². The molecule has 0 fully saturated rings. The maximum Gasteiger partial charge on any atom is 0.409 e. The van der Waals surface area contributed by atoms with Gasteiger partial charge in [0.15, 0.2) is 0 Å². The van der Waals surface area contributed by atoms with Gasteiger partial charge in [-0.05, 0) is 48.5 Å². The van der Waals surface area contributed by atoms with E-state index < -0.39 is 133 Å². The number of rotatable bonds is 44. The van der Waals surface area contributed by atoms with Gasteiger partial charge >= 0.3 is 121 Å². The molecule has 141 heavy (non-hydrogen) atoms. The van der Waals surface area contributed by atoms with Crippen molar-refractivity contribution in [2.45, 2.75) is 86.4 Å². The van der Waals surface area contributed by atoms with E-state index in [1.807, 2.05) is 0 Å². The Balaban J connectivity index is -0.000000169. The molecule has 0 saturated heterocycles. The predicted molar refractivity (Wildman–Crippen MR) is 513 cm³/mol. The van der Waals surface area contributed by atoms with E-state index >= 15 is 0 Å². The number of amides is 10. The number of ether oxygens (including phenoxy) is 20. The Bertz CT molecular complexity index is 3690. The Hall–Kier alpha value is -15.2. The molecule has 0 aliphatic carbocycles. The smallest absolute Gasteiger partial charge is 0.409 e. The molecule has 0 spiro atoms. The maximum atomic E-state index is 11.1. The molecule has 0 aromatic carbocycles. The molecular weight excluding hydrogens is 1870 g/mol. The van der Waals surface area contributed by atoms with Crippen molar-refractivity contribution in [2.24, 2.45) is 0 Å². The summed E-state index contributed by atoms with van der Waals surface area (Å²) in [6.45, 7) is 46.7. The molecule has 806 valence electrons. The highest BCUT2D eigenvalue weighted by atomic mass is 16.6. The molecule has 0 radical (unpaired) electrons. The second kappa shape index (κ2) is 93.8. The van der Waals surface area contributed by atoms with Crippen molar-refractivity contribution in [2.75, 3.05) is 260 Å². The molecule has 2 atom stereocenters. The van der Waals surface area contributed by atoms with Gasteiger partial charge < -0.3 is 144 Å². The molecule has 0 aromatic heterocycles. The summed E-state index contributed by atoms with van der Waals surface area (Å²) in [4.78, 5) is 229. The Morgan fingerprint density at radius 1 is 0.191 bits per heavy atom. The van der Waals surface area contributed by atoms with Gasteiger partial charge in [-0.1, -0.05) is 65.8 Å². The van der Waals surface area contributed by atoms with Crippen LogP contribution in [0.4, 0.5) is 47.9 Å². The zero-order chi connectivity index (χ0) is 112. The third-order valence-electron chi connectivity index (χ3n) is 12.9. The first-order chi connectivity index (χ1) is 65.4. The van der Waals surface area contributed by atoms with Crippen molar-refractivity contribution in [1.82, 2.24) is 49.0 Å². The number of nitrogens with zero attached hydrogens (tertiary/aromatic N) is 10. The lowest BCUT2D eigenvalue weighted by molar-refractivity contribution is -0.145. The fraction of sp³-hybridized carbons (Fsp3) is 0.560. The highest BCUT2D eigenvalue weighted by Crippen LogP contribution is 2.04. The minimum absolute atomic E-state index is 0.0377. The quantitative estimate of drug-likeness (QED) is 0.0239. The monoisotopic (exact) mass is 2030 g/mol. The van der Waals surface area contributed by atoms with E-state index in [9.17, 15) is 95.9 Å². The lowest BCUT2D eigenvalue weighted by atomic mass is 10.3. The van der Waals surface area contributed by atoms with Crippen LogP contribution in [0.25, 0.3) is 0 Å². The summed E-state index contributed by atoms with van der Waals surface area (Å²) in [5.41, 5.74) is 1.69. The molecule has 0 bridgehead atoms. The second-order valence-electron chi connectivity index (χ2n) is 29.0. The van der Waals surface area contributed by atoms with Crippen LogP contribution in [0.2, 0.25) is 0 Å². The molecule has 10 amide bonds. The maximum absolute atomic E-state index is 11.1. The van der Waals surface area contributed by atoms with Gasteiger partial charge in [-0.3, -0.25) is 0 Å². The number of carbonyl (C=O) groups is 20. The molecule has 0 saturated carbocycles. The fourth-order valence-electron chi connectivity index (χ4n) is 5.61. The van der Waals surface area contributed by atoms with E-state index in [0.717, 1.165) is 30.4 Å². The number of esters is 10. The largest absolute Gasteiger partial charge is 0.462 e. The summed E-state index contributed by atoms with van der Waals surface area (Å²) in [5.74, 6) is -4.81. The molecule has 0 aliphatic rings. The van der Waals surface area contributed by atoms with E-state index in [2.05, 4.69) is 94.2 Å². The molecule has 0 rings (SSSR count). The summed E-state index contributed by atoms with van der Waals surface area (Å²) in [7, 11) is 31.6. The zero-order valence-corrected chi connectivity index (χ0v) is 87.0. The standard InChI is InChI=1S/3C10H17NO4.5C9H15NO4.2C8H13NO4/c1-7(2)9(12)15-8(3)6-14-10(13)11(4)5;2*1-8(2)9(12)14-6-5-7-15-10(13)11(3)4;2*1-7(2)8(11)13-5-6-14-9(12)10(3)4;1-5-8(11)14-7(2)6-13-9(12)10(3)4;2*1-4-8(11)13-6-5-7-14-9(12)10(2)3;2*1-4-7(10)12-5-6-13-8(11)9(2)3/h8H,1,6H2,2-5H3;2*1,5-7H2,2-4H3;2*1,5-6H2,2-4H3;5,7H,1,6H2,2-4H3;2*4H,1,5-7H2,2-3H3;2*4H,1,5-6H2,2-3H3. The highest BCUT2D eigenvalue weighted by molar-refractivity contribution is 5.89. The topological polar surface area (TPSA) is 558 Å². The number of hydrogen-bond donors (Lipinski definition) is 0. The predicted octanol–water partition coefficient (Wildman–Crippen LogP) is 8.43. The van der Waals surface area contributed by atoms with E-state index in [-0.39, 0.29) is 119 Å². The van der Waals surface area contributed by atoms with Gasteiger partial charge in [-0.25, -0.2) is 95.9 Å². The fourth-order valence-corrected chi connectivity index (χ4v) is 5.61. The summed E-state index contributed by atoms with van der Waals surface area (Å²) in [5, 5.41) is 0. The van der Waals surface area contributed by atoms with Crippen molar-refractivity contribution >= 4 is 121 Å². The summed E-state index contributed by atoms with van der Waals surface area (Å²) < 4.78 is 94.8. The molecule has 2 unspecified atom stereocenters. The van der Waals surface area contributed by atoms with Crippen molar-refractivity contribution in [1.29, 1.82) is 0 Å². The molecule has 50 nitrogen and oxygen atoms in total. The van der Waals surface area contributed by atoms with Crippen LogP contribution in [0.1, 0.15) is 74.1 Å². The van der Waals surface area contributed by atoms with Crippen LogP contribution in [-0.2, 0) is 143 Å². The third kappa shape index (κ3) is 107. The Morgan fingerprint density at radius 2 is 0.326 bits per heavy atom. The highest BCUT2D eigenvalue weighted by Gasteiger charge is 2.17. The lowest BCUT2D eigenvalue weighted by Crippen LogP contribution is -2.28. The molecule has 0 heterocycles. The van der Waals surface area contributed by atoms with E-state index in [4.69, 9.17) is 66.3 Å². The average molecular weight is 2030 g/mol. The van der Waals surface area contributed by atoms with Gasteiger partial charge in [0.1, 0.15) is 78.3 Å². The van der Waals surface area contributed by atoms with Crippen LogP contribution in [0.5, 0.6) is 0 Å². The van der Waals surface area contributed by atoms with Crippen LogP contribution < -0.4 is 0 Å². The Kier molecular flexibility index (Phi) is 97.2. The molecular formula is C91H152N10O40. The first-order valence-electron chi connectivity index (χ1n) is 42.0. The summed E-state index contributed by atoms with van der Waals surface area (Å²) >= 11 is 0. The Morgan fingerprint density at radius 3 is 0.504 bits per heavy atom. The van der Waals surface area contributed by atoms with E-state index in [1.165, 1.54) is 49.0 Å². The van der Waals surface area contributed by atoms with Gasteiger partial charge in [0.25, 0.3) is 0 Å². The zero-order valence-electron chi connectivity index (χ0n) is 87.0. The van der Waals surface area contributed by atoms with Crippen LogP contribution in [0.3, 0.4) is 0 Å². The van der Waals surface area contributed by atoms with Crippen molar-refractivity contribution in [3.63, 3.8) is 0 Å².